The molecule has 5 nitrogen and oxygen atoms in total. The van der Waals surface area contributed by atoms with Crippen LogP contribution >= 0.6 is 0 Å². The zero-order valence-corrected chi connectivity index (χ0v) is 7.61. The second-order valence-electron chi connectivity index (χ2n) is 2.69. The van der Waals surface area contributed by atoms with Crippen LogP contribution in [0.25, 0.3) is 0 Å². The molecule has 0 atom stereocenters. The summed E-state index contributed by atoms with van der Waals surface area (Å²) in [6, 6.07) is 1.22. The van der Waals surface area contributed by atoms with Crippen molar-refractivity contribution in [2.75, 3.05) is 12.3 Å². The van der Waals surface area contributed by atoms with Gasteiger partial charge in [0.2, 0.25) is 5.88 Å². The molecule has 4 N–H and O–H groups in total. The summed E-state index contributed by atoms with van der Waals surface area (Å²) in [6.07, 6.45) is -1.46. The second-order valence-corrected chi connectivity index (χ2v) is 2.69. The van der Waals surface area contributed by atoms with Crippen molar-refractivity contribution in [3.05, 3.63) is 17.8 Å². The number of amides is 1. The lowest BCUT2D eigenvalue weighted by Gasteiger charge is -2.07. The molecular formula is C8H9F2N3O2. The first kappa shape index (κ1) is 11.2. The average molecular weight is 217 g/mol. The van der Waals surface area contributed by atoms with Crippen LogP contribution in [0.1, 0.15) is 10.4 Å². The standard InChI is InChI=1S/C8H9F2N3O2/c9-6(10)3-15-8-5(7(12)14)1-4(11)2-13-8/h1-2,6H,3,11H2,(H2,12,14). The molecule has 15 heavy (non-hydrogen) atoms. The fourth-order valence-electron chi connectivity index (χ4n) is 0.902. The van der Waals surface area contributed by atoms with E-state index in [4.69, 9.17) is 11.5 Å². The van der Waals surface area contributed by atoms with Crippen LogP contribution in [0.15, 0.2) is 12.3 Å². The molecule has 0 saturated carbocycles. The Labute approximate surface area is 84.0 Å². The highest BCUT2D eigenvalue weighted by atomic mass is 19.3. The summed E-state index contributed by atoms with van der Waals surface area (Å²) in [5, 5.41) is 0. The number of aromatic nitrogens is 1. The van der Waals surface area contributed by atoms with Crippen LogP contribution in [0.2, 0.25) is 0 Å². The van der Waals surface area contributed by atoms with Crippen molar-refractivity contribution in [3.8, 4) is 5.88 Å². The van der Waals surface area contributed by atoms with Gasteiger partial charge in [0.1, 0.15) is 5.56 Å². The zero-order chi connectivity index (χ0) is 11.4. The van der Waals surface area contributed by atoms with E-state index in [0.29, 0.717) is 0 Å². The van der Waals surface area contributed by atoms with E-state index in [9.17, 15) is 13.6 Å². The molecule has 1 rings (SSSR count). The number of primary amides is 1. The molecule has 0 aromatic carbocycles. The number of pyridine rings is 1. The van der Waals surface area contributed by atoms with Gasteiger partial charge in [0.15, 0.2) is 6.61 Å². The average Bonchev–Trinajstić information content (AvgIpc) is 2.15. The molecular weight excluding hydrogens is 208 g/mol. The minimum Gasteiger partial charge on any atom is -0.471 e. The van der Waals surface area contributed by atoms with Crippen LogP contribution in [-0.2, 0) is 0 Å². The van der Waals surface area contributed by atoms with Crippen molar-refractivity contribution in [1.29, 1.82) is 0 Å². The molecule has 0 spiro atoms. The molecule has 0 saturated heterocycles. The zero-order valence-electron chi connectivity index (χ0n) is 7.61. The lowest BCUT2D eigenvalue weighted by Crippen LogP contribution is -2.16. The molecule has 7 heteroatoms. The molecule has 0 unspecified atom stereocenters. The van der Waals surface area contributed by atoms with E-state index in [1.807, 2.05) is 0 Å². The molecule has 0 fully saturated rings. The Kier molecular flexibility index (Phi) is 3.37. The number of ether oxygens (including phenoxy) is 1. The Balaban J connectivity index is 2.91. The van der Waals surface area contributed by atoms with E-state index in [-0.39, 0.29) is 17.1 Å². The Morgan fingerprint density at radius 2 is 2.27 bits per heavy atom. The highest BCUT2D eigenvalue weighted by molar-refractivity contribution is 5.95. The van der Waals surface area contributed by atoms with E-state index in [1.165, 1.54) is 12.3 Å². The van der Waals surface area contributed by atoms with E-state index in [2.05, 4.69) is 9.72 Å². The van der Waals surface area contributed by atoms with E-state index >= 15 is 0 Å². The molecule has 1 aromatic heterocycles. The summed E-state index contributed by atoms with van der Waals surface area (Å²) < 4.78 is 28.3. The van der Waals surface area contributed by atoms with Gasteiger partial charge in [-0.2, -0.15) is 0 Å². The quantitative estimate of drug-likeness (QED) is 0.763. The monoisotopic (exact) mass is 217 g/mol. The van der Waals surface area contributed by atoms with Gasteiger partial charge in [0, 0.05) is 0 Å². The fraction of sp³-hybridized carbons (Fsp3) is 0.250. The first-order valence-corrected chi connectivity index (χ1v) is 3.97. The van der Waals surface area contributed by atoms with Gasteiger partial charge >= 0.3 is 0 Å². The van der Waals surface area contributed by atoms with Crippen LogP contribution in [0.3, 0.4) is 0 Å². The van der Waals surface area contributed by atoms with Gasteiger partial charge in [-0.1, -0.05) is 0 Å². The Morgan fingerprint density at radius 3 is 2.80 bits per heavy atom. The van der Waals surface area contributed by atoms with Crippen molar-refractivity contribution in [3.63, 3.8) is 0 Å². The van der Waals surface area contributed by atoms with Crippen molar-refractivity contribution in [1.82, 2.24) is 4.98 Å². The number of rotatable bonds is 4. The predicted octanol–water partition coefficient (Wildman–Crippen LogP) is 0.407. The summed E-state index contributed by atoms with van der Waals surface area (Å²) in [5.41, 5.74) is 10.4. The van der Waals surface area contributed by atoms with Gasteiger partial charge in [-0.15, -0.1) is 0 Å². The number of nitrogens with zero attached hydrogens (tertiary/aromatic N) is 1. The molecule has 1 heterocycles. The normalized spacial score (nSPS) is 10.3. The lowest BCUT2D eigenvalue weighted by atomic mass is 10.2. The van der Waals surface area contributed by atoms with Gasteiger partial charge in [-0.3, -0.25) is 4.79 Å². The third-order valence-electron chi connectivity index (χ3n) is 1.48. The highest BCUT2D eigenvalue weighted by Crippen LogP contribution is 2.17. The Morgan fingerprint density at radius 1 is 1.60 bits per heavy atom. The number of halogens is 2. The molecule has 0 aliphatic heterocycles. The summed E-state index contributed by atoms with van der Waals surface area (Å²) >= 11 is 0. The Bertz CT molecular complexity index is 371. The minimum absolute atomic E-state index is 0.115. The van der Waals surface area contributed by atoms with Crippen molar-refractivity contribution in [2.24, 2.45) is 5.73 Å². The summed E-state index contributed by atoms with van der Waals surface area (Å²) in [7, 11) is 0. The maximum atomic E-state index is 11.8. The summed E-state index contributed by atoms with van der Waals surface area (Å²) in [6.45, 7) is -0.850. The molecule has 0 radical (unpaired) electrons. The van der Waals surface area contributed by atoms with Gasteiger partial charge in [0.05, 0.1) is 11.9 Å². The second kappa shape index (κ2) is 4.54. The van der Waals surface area contributed by atoms with Gasteiger partial charge in [0.25, 0.3) is 12.3 Å². The van der Waals surface area contributed by atoms with E-state index in [1.54, 1.807) is 0 Å². The van der Waals surface area contributed by atoms with E-state index < -0.39 is 18.9 Å². The Hall–Kier alpha value is -1.92. The van der Waals surface area contributed by atoms with Crippen LogP contribution in [0.4, 0.5) is 14.5 Å². The SMILES string of the molecule is NC(=O)c1cc(N)cnc1OCC(F)F. The number of nitrogen functional groups attached to an aromatic ring is 1. The first-order valence-electron chi connectivity index (χ1n) is 3.97. The van der Waals surface area contributed by atoms with Gasteiger partial charge < -0.3 is 16.2 Å². The predicted molar refractivity (Wildman–Crippen MR) is 48.7 cm³/mol. The van der Waals surface area contributed by atoms with E-state index in [0.717, 1.165) is 0 Å². The number of carbonyl (C=O) groups excluding carboxylic acids is 1. The van der Waals surface area contributed by atoms with Crippen molar-refractivity contribution >= 4 is 11.6 Å². The number of carbonyl (C=O) groups is 1. The van der Waals surface area contributed by atoms with Crippen LogP contribution in [0.5, 0.6) is 5.88 Å². The molecule has 82 valence electrons. The molecule has 0 aliphatic carbocycles. The van der Waals surface area contributed by atoms with Crippen molar-refractivity contribution < 1.29 is 18.3 Å². The maximum absolute atomic E-state index is 11.8. The van der Waals surface area contributed by atoms with Gasteiger partial charge in [-0.05, 0) is 6.07 Å². The lowest BCUT2D eigenvalue weighted by molar-refractivity contribution is 0.0778. The van der Waals surface area contributed by atoms with Crippen LogP contribution < -0.4 is 16.2 Å². The number of anilines is 1. The van der Waals surface area contributed by atoms with Crippen LogP contribution in [-0.4, -0.2) is 23.9 Å². The van der Waals surface area contributed by atoms with Crippen molar-refractivity contribution in [2.45, 2.75) is 6.43 Å². The number of hydrogen-bond donors (Lipinski definition) is 2. The topological polar surface area (TPSA) is 91.2 Å². The largest absolute Gasteiger partial charge is 0.471 e. The number of hydrogen-bond acceptors (Lipinski definition) is 4. The first-order chi connectivity index (χ1) is 7.00. The number of alkyl halides is 2. The number of nitrogens with two attached hydrogens (primary N) is 2. The summed E-state index contributed by atoms with van der Waals surface area (Å²) in [4.78, 5) is 14.5. The third-order valence-corrected chi connectivity index (χ3v) is 1.48. The molecule has 1 aromatic rings. The molecule has 0 aliphatic rings. The highest BCUT2D eigenvalue weighted by Gasteiger charge is 2.13. The molecule has 0 bridgehead atoms. The van der Waals surface area contributed by atoms with Gasteiger partial charge in [-0.25, -0.2) is 13.8 Å². The molecule has 1 amide bonds. The smallest absolute Gasteiger partial charge is 0.272 e. The fourth-order valence-corrected chi connectivity index (χ4v) is 0.902. The minimum atomic E-state index is -2.65. The maximum Gasteiger partial charge on any atom is 0.272 e. The van der Waals surface area contributed by atoms with Crippen LogP contribution in [0, 0.1) is 0 Å². The third kappa shape index (κ3) is 3.04. The summed E-state index contributed by atoms with van der Waals surface area (Å²) in [5.74, 6) is -1.07.